The molecule has 2 aromatic rings. The number of sulfonamides is 2. The van der Waals surface area contributed by atoms with Crippen LogP contribution < -0.4 is 0 Å². The van der Waals surface area contributed by atoms with Crippen molar-refractivity contribution in [3.05, 3.63) is 67.0 Å². The molecule has 288 valence electrons. The SMILES string of the molecule is CC.CC.CF.CO.COC.CS(=O)(=O)N1CCN2CCCC2C1.CS(=O)(=O)N1CCN2CCCC2C1.c1ccccc1.c1ccncc1. The Bertz CT molecular complexity index is 1020. The quantitative estimate of drug-likeness (QED) is 0.466. The molecule has 0 saturated carbocycles. The van der Waals surface area contributed by atoms with Crippen LogP contribution in [0.5, 0.6) is 0 Å². The fourth-order valence-corrected chi connectivity index (χ4v) is 6.94. The average molecular weight is 738 g/mol. The number of nitrogens with zero attached hydrogens (tertiary/aromatic N) is 5. The smallest absolute Gasteiger partial charge is 0.211 e. The normalized spacial score (nSPS) is 19.8. The van der Waals surface area contributed by atoms with Gasteiger partial charge in [-0.1, -0.05) is 70.2 Å². The van der Waals surface area contributed by atoms with Crippen LogP contribution in [-0.4, -0.2) is 151 Å². The van der Waals surface area contributed by atoms with E-state index in [1.807, 2.05) is 82.3 Å². The zero-order chi connectivity index (χ0) is 38.1. The third-order valence-corrected chi connectivity index (χ3v) is 9.81. The highest BCUT2D eigenvalue weighted by molar-refractivity contribution is 7.88. The van der Waals surface area contributed by atoms with Crippen LogP contribution in [0.1, 0.15) is 53.4 Å². The van der Waals surface area contributed by atoms with Crippen LogP contribution in [0.2, 0.25) is 0 Å². The fourth-order valence-electron chi connectivity index (χ4n) is 5.23. The molecule has 0 radical (unpaired) electrons. The summed E-state index contributed by atoms with van der Waals surface area (Å²) >= 11 is 0. The van der Waals surface area contributed by atoms with E-state index in [-0.39, 0.29) is 0 Å². The number of fused-ring (bicyclic) bond motifs is 2. The van der Waals surface area contributed by atoms with E-state index in [4.69, 9.17) is 5.11 Å². The molecule has 11 nitrogen and oxygen atoms in total. The van der Waals surface area contributed by atoms with Gasteiger partial charge in [-0.25, -0.2) is 16.8 Å². The van der Waals surface area contributed by atoms with E-state index in [1.54, 1.807) is 35.2 Å². The van der Waals surface area contributed by atoms with Crippen LogP contribution in [0.15, 0.2) is 67.0 Å². The second kappa shape index (κ2) is 33.1. The summed E-state index contributed by atoms with van der Waals surface area (Å²) < 4.78 is 62.1. The van der Waals surface area contributed by atoms with Crippen molar-refractivity contribution in [3.8, 4) is 0 Å². The number of alkyl halides is 1. The molecule has 6 rings (SSSR count). The number of aromatic nitrogens is 1. The highest BCUT2D eigenvalue weighted by Crippen LogP contribution is 2.23. The number of ether oxygens (including phenoxy) is 1. The molecule has 0 bridgehead atoms. The highest BCUT2D eigenvalue weighted by atomic mass is 32.2. The Labute approximate surface area is 299 Å². The van der Waals surface area contributed by atoms with E-state index in [0.29, 0.717) is 45.4 Å². The number of rotatable bonds is 2. The first-order chi connectivity index (χ1) is 23.6. The Morgan fingerprint density at radius 3 is 1.10 bits per heavy atom. The second-order valence-electron chi connectivity index (χ2n) is 10.5. The van der Waals surface area contributed by atoms with Crippen LogP contribution in [0.4, 0.5) is 4.39 Å². The van der Waals surface area contributed by atoms with Gasteiger partial charge in [0.25, 0.3) is 0 Å². The van der Waals surface area contributed by atoms with Crippen molar-refractivity contribution in [3.63, 3.8) is 0 Å². The maximum absolute atomic E-state index is 11.3. The predicted octanol–water partition coefficient (Wildman–Crippen LogP) is 4.73. The van der Waals surface area contributed by atoms with Gasteiger partial charge in [0.2, 0.25) is 20.0 Å². The molecule has 0 amide bonds. The Kier molecular flexibility index (Phi) is 34.7. The lowest BCUT2D eigenvalue weighted by Gasteiger charge is -2.35. The number of halogens is 1. The van der Waals surface area contributed by atoms with E-state index in [1.165, 1.54) is 25.4 Å². The molecule has 2 atom stereocenters. The zero-order valence-corrected chi connectivity index (χ0v) is 33.5. The van der Waals surface area contributed by atoms with Crippen LogP contribution in [0.25, 0.3) is 0 Å². The lowest BCUT2D eigenvalue weighted by molar-refractivity contribution is 0.159. The van der Waals surface area contributed by atoms with E-state index >= 15 is 0 Å². The Balaban J connectivity index is -0.000000545. The van der Waals surface area contributed by atoms with Crippen molar-refractivity contribution >= 4 is 20.0 Å². The van der Waals surface area contributed by atoms with Gasteiger partial charge in [0, 0.05) is 85.1 Å². The summed E-state index contributed by atoms with van der Waals surface area (Å²) in [5.41, 5.74) is 0. The van der Waals surface area contributed by atoms with Crippen molar-refractivity contribution in [2.24, 2.45) is 0 Å². The summed E-state index contributed by atoms with van der Waals surface area (Å²) in [4.78, 5) is 8.59. The first-order valence-electron chi connectivity index (χ1n) is 17.0. The number of aliphatic hydroxyl groups excluding tert-OH is 1. The minimum atomic E-state index is -2.96. The van der Waals surface area contributed by atoms with Crippen molar-refractivity contribution in [2.45, 2.75) is 65.5 Å². The van der Waals surface area contributed by atoms with Gasteiger partial charge >= 0.3 is 0 Å². The number of piperazine rings is 2. The van der Waals surface area contributed by atoms with Crippen LogP contribution in [0.3, 0.4) is 0 Å². The Morgan fingerprint density at radius 2 is 0.878 bits per heavy atom. The summed E-state index contributed by atoms with van der Waals surface area (Å²) in [6, 6.07) is 18.7. The molecule has 4 saturated heterocycles. The number of methoxy groups -OCH3 is 1. The van der Waals surface area contributed by atoms with Gasteiger partial charge in [-0.3, -0.25) is 19.2 Å². The Morgan fingerprint density at radius 1 is 0.592 bits per heavy atom. The molecule has 1 N–H and O–H groups in total. The van der Waals surface area contributed by atoms with Gasteiger partial charge < -0.3 is 9.84 Å². The molecule has 14 heteroatoms. The van der Waals surface area contributed by atoms with Crippen LogP contribution >= 0.6 is 0 Å². The number of hydrogen-bond donors (Lipinski definition) is 1. The molecule has 49 heavy (non-hydrogen) atoms. The minimum absolute atomic E-state index is 0.489. The number of hydrogen-bond acceptors (Lipinski definition) is 9. The monoisotopic (exact) mass is 737 g/mol. The van der Waals surface area contributed by atoms with Crippen molar-refractivity contribution in [2.75, 3.05) is 93.4 Å². The molecule has 4 aliphatic heterocycles. The molecular formula is C35H68FN5O6S2. The summed E-state index contributed by atoms with van der Waals surface area (Å²) in [6.07, 6.45) is 10.9. The highest BCUT2D eigenvalue weighted by Gasteiger charge is 2.34. The van der Waals surface area contributed by atoms with E-state index in [2.05, 4.69) is 19.5 Å². The summed E-state index contributed by atoms with van der Waals surface area (Å²) in [7, 11) is -1.17. The number of benzene rings is 1. The summed E-state index contributed by atoms with van der Waals surface area (Å²) in [5.74, 6) is 0. The molecular weight excluding hydrogens is 670 g/mol. The lowest BCUT2D eigenvalue weighted by Crippen LogP contribution is -2.51. The van der Waals surface area contributed by atoms with Gasteiger partial charge in [0.05, 0.1) is 19.7 Å². The second-order valence-corrected chi connectivity index (χ2v) is 14.5. The number of pyridine rings is 1. The van der Waals surface area contributed by atoms with E-state index < -0.39 is 20.0 Å². The van der Waals surface area contributed by atoms with Crippen LogP contribution in [0, 0.1) is 0 Å². The third kappa shape index (κ3) is 24.7. The van der Waals surface area contributed by atoms with Gasteiger partial charge in [0.1, 0.15) is 0 Å². The molecule has 1 aromatic carbocycles. The first kappa shape index (κ1) is 51.3. The number of aliphatic hydroxyl groups is 1. The summed E-state index contributed by atoms with van der Waals surface area (Å²) in [6.45, 7) is 14.9. The largest absolute Gasteiger partial charge is 0.400 e. The zero-order valence-electron chi connectivity index (χ0n) is 31.9. The van der Waals surface area contributed by atoms with Gasteiger partial charge in [0.15, 0.2) is 0 Å². The molecule has 4 aliphatic rings. The van der Waals surface area contributed by atoms with Crippen molar-refractivity contribution in [1.82, 2.24) is 23.4 Å². The van der Waals surface area contributed by atoms with E-state index in [9.17, 15) is 21.2 Å². The topological polar surface area (TPSA) is 124 Å². The average Bonchev–Trinajstić information content (AvgIpc) is 3.83. The molecule has 2 unspecified atom stereocenters. The molecule has 5 heterocycles. The third-order valence-electron chi connectivity index (χ3n) is 7.27. The maximum Gasteiger partial charge on any atom is 0.211 e. The van der Waals surface area contributed by atoms with E-state index in [0.717, 1.165) is 46.1 Å². The molecule has 1 aromatic heterocycles. The van der Waals surface area contributed by atoms with Crippen molar-refractivity contribution in [1.29, 1.82) is 0 Å². The fraction of sp³-hybridized carbons (Fsp3) is 0.686. The van der Waals surface area contributed by atoms with Gasteiger partial charge in [-0.2, -0.15) is 8.61 Å². The summed E-state index contributed by atoms with van der Waals surface area (Å²) in [5, 5.41) is 7.00. The van der Waals surface area contributed by atoms with Gasteiger partial charge in [-0.15, -0.1) is 0 Å². The maximum atomic E-state index is 11.3. The predicted molar refractivity (Wildman–Crippen MR) is 204 cm³/mol. The first-order valence-corrected chi connectivity index (χ1v) is 20.7. The van der Waals surface area contributed by atoms with Crippen LogP contribution in [-0.2, 0) is 24.8 Å². The molecule has 0 spiro atoms. The molecule has 0 aliphatic carbocycles. The molecule has 4 fully saturated rings. The standard InChI is InChI=1S/2C8H16N2O2S.C6H6.C5H5N.C2H6O.2C2H6.CH3F.CH4O/c2*1-13(11,12)10-6-5-9-4-2-3-8(9)7-10;2*1-2-4-6-5-3-1;1-3-2;4*1-2/h2*8H,2-7H2,1H3;1-6H;1-5H;1-2H3;2*1-2H3;1H3;2H,1H3. The van der Waals surface area contributed by atoms with Gasteiger partial charge in [-0.05, 0) is 50.9 Å². The Hall–Kier alpha value is -2.04. The lowest BCUT2D eigenvalue weighted by atomic mass is 10.2. The van der Waals surface area contributed by atoms with Crippen molar-refractivity contribution < 1.29 is 31.1 Å². The minimum Gasteiger partial charge on any atom is -0.400 e.